The topological polar surface area (TPSA) is 42.1 Å². The minimum absolute atomic E-state index is 0.216. The van der Waals surface area contributed by atoms with Crippen LogP contribution in [0.5, 0.6) is 5.75 Å². The number of fused-ring (bicyclic) bond motifs is 1. The maximum Gasteiger partial charge on any atom is 0.241 e. The van der Waals surface area contributed by atoms with E-state index in [2.05, 4.69) is 4.98 Å². The Balaban J connectivity index is 0.000000686. The fourth-order valence-electron chi connectivity index (χ4n) is 1.58. The minimum atomic E-state index is -0.257. The van der Waals surface area contributed by atoms with Crippen molar-refractivity contribution < 1.29 is 4.74 Å². The van der Waals surface area contributed by atoms with Crippen LogP contribution in [0, 0.1) is 6.92 Å². The van der Waals surface area contributed by atoms with Gasteiger partial charge in [-0.25, -0.2) is 0 Å². The molecule has 0 atom stereocenters. The van der Waals surface area contributed by atoms with E-state index in [-0.39, 0.29) is 11.0 Å². The number of pyridine rings is 1. The van der Waals surface area contributed by atoms with Crippen molar-refractivity contribution in [2.75, 3.05) is 7.11 Å². The van der Waals surface area contributed by atoms with Crippen molar-refractivity contribution in [1.82, 2.24) is 4.98 Å². The predicted octanol–water partition coefficient (Wildman–Crippen LogP) is 1.67. The van der Waals surface area contributed by atoms with Crippen LogP contribution in [0.2, 0.25) is 0 Å². The average Bonchev–Trinajstić information content (AvgIpc) is 2.33. The summed E-state index contributed by atoms with van der Waals surface area (Å²) in [6, 6.07) is 5.38. The first-order valence-electron chi connectivity index (χ1n) is 5.59. The molecule has 0 fully saturated rings. The van der Waals surface area contributed by atoms with E-state index >= 15 is 0 Å². The van der Waals surface area contributed by atoms with Crippen LogP contribution in [0.15, 0.2) is 23.0 Å². The normalized spacial score (nSPS) is 9.65. The summed E-state index contributed by atoms with van der Waals surface area (Å²) in [7, 11) is 7.15. The van der Waals surface area contributed by atoms with Crippen molar-refractivity contribution in [2.45, 2.75) is 20.8 Å². The fourth-order valence-corrected chi connectivity index (χ4v) is 1.58. The van der Waals surface area contributed by atoms with E-state index < -0.39 is 0 Å². The lowest BCUT2D eigenvalue weighted by Crippen LogP contribution is -2.26. The summed E-state index contributed by atoms with van der Waals surface area (Å²) in [5.74, 6) is 0.786. The number of hydrogen-bond acceptors (Lipinski definition) is 2. The van der Waals surface area contributed by atoms with Gasteiger partial charge in [-0.3, -0.25) is 4.79 Å². The molecule has 2 rings (SSSR count). The molecule has 1 aromatic heterocycles. The molecule has 17 heavy (non-hydrogen) atoms. The molecule has 0 aliphatic carbocycles. The zero-order valence-corrected chi connectivity index (χ0v) is 10.6. The summed E-state index contributed by atoms with van der Waals surface area (Å²) in [5, 5.41) is 0.870. The van der Waals surface area contributed by atoms with Gasteiger partial charge in [0.05, 0.1) is 7.11 Å². The van der Waals surface area contributed by atoms with Gasteiger partial charge in [0.2, 0.25) is 5.56 Å². The van der Waals surface area contributed by atoms with Crippen molar-refractivity contribution in [2.24, 2.45) is 0 Å². The van der Waals surface area contributed by atoms with Crippen LogP contribution in [-0.4, -0.2) is 19.9 Å². The number of aromatic amines is 1. The highest BCUT2D eigenvalue weighted by atomic mass is 16.5. The Bertz CT molecular complexity index is 575. The molecule has 0 aliphatic heterocycles. The quantitative estimate of drug-likeness (QED) is 0.755. The summed E-state index contributed by atoms with van der Waals surface area (Å²) in [4.78, 5) is 14.0. The smallest absolute Gasteiger partial charge is 0.241 e. The van der Waals surface area contributed by atoms with Gasteiger partial charge in [-0.1, -0.05) is 19.9 Å². The standard InChI is InChI=1S/C11H10BNO2.C2H6/c1-6-3-9-7(5-10(6)15-2)4-8(12)11(14)13-9;1-2/h3-5H,1-2H3,(H,13,14);1-2H3. The zero-order valence-electron chi connectivity index (χ0n) is 10.6. The van der Waals surface area contributed by atoms with Gasteiger partial charge in [0.25, 0.3) is 0 Å². The lowest BCUT2D eigenvalue weighted by atomic mass is 9.96. The van der Waals surface area contributed by atoms with Crippen molar-refractivity contribution >= 4 is 24.2 Å². The van der Waals surface area contributed by atoms with Gasteiger partial charge in [0.15, 0.2) is 0 Å². The number of aryl methyl sites for hydroxylation is 1. The van der Waals surface area contributed by atoms with Gasteiger partial charge in [-0.05, 0) is 30.1 Å². The molecule has 88 valence electrons. The summed E-state index contributed by atoms with van der Waals surface area (Å²) in [6.45, 7) is 5.92. The maximum atomic E-state index is 11.3. The third-order valence-electron chi connectivity index (χ3n) is 2.39. The Hall–Kier alpha value is -1.71. The van der Waals surface area contributed by atoms with E-state index in [1.54, 1.807) is 13.2 Å². The van der Waals surface area contributed by atoms with Crippen LogP contribution >= 0.6 is 0 Å². The summed E-state index contributed by atoms with van der Waals surface area (Å²) >= 11 is 0. The molecule has 2 radical (unpaired) electrons. The molecule has 0 saturated heterocycles. The van der Waals surface area contributed by atoms with Crippen LogP contribution in [-0.2, 0) is 0 Å². The largest absolute Gasteiger partial charge is 0.496 e. The number of rotatable bonds is 1. The highest BCUT2D eigenvalue weighted by molar-refractivity contribution is 6.32. The molecule has 0 bridgehead atoms. The average molecular weight is 229 g/mol. The van der Waals surface area contributed by atoms with Crippen molar-refractivity contribution in [3.8, 4) is 5.75 Å². The third kappa shape index (κ3) is 2.70. The highest BCUT2D eigenvalue weighted by Gasteiger charge is 2.03. The number of benzene rings is 1. The lowest BCUT2D eigenvalue weighted by molar-refractivity contribution is 0.412. The van der Waals surface area contributed by atoms with E-state index in [0.29, 0.717) is 0 Å². The molecule has 1 N–H and O–H groups in total. The van der Waals surface area contributed by atoms with E-state index in [0.717, 1.165) is 22.2 Å². The number of aromatic nitrogens is 1. The first kappa shape index (κ1) is 13.4. The first-order valence-corrected chi connectivity index (χ1v) is 5.59. The molecule has 0 unspecified atom stereocenters. The minimum Gasteiger partial charge on any atom is -0.496 e. The Kier molecular flexibility index (Phi) is 4.38. The molecule has 0 saturated carbocycles. The molecular formula is C13H16BNO2. The Labute approximate surface area is 102 Å². The van der Waals surface area contributed by atoms with E-state index in [1.807, 2.05) is 32.9 Å². The van der Waals surface area contributed by atoms with Crippen LogP contribution in [0.1, 0.15) is 19.4 Å². The monoisotopic (exact) mass is 229 g/mol. The fraction of sp³-hybridized carbons (Fsp3) is 0.308. The number of hydrogen-bond donors (Lipinski definition) is 1. The first-order chi connectivity index (χ1) is 8.11. The molecule has 3 nitrogen and oxygen atoms in total. The molecule has 0 amide bonds. The second-order valence-electron chi connectivity index (χ2n) is 3.46. The lowest BCUT2D eigenvalue weighted by Gasteiger charge is -2.07. The predicted molar refractivity (Wildman–Crippen MR) is 72.6 cm³/mol. The summed E-state index contributed by atoms with van der Waals surface area (Å²) < 4.78 is 5.19. The van der Waals surface area contributed by atoms with E-state index in [9.17, 15) is 4.79 Å². The second-order valence-corrected chi connectivity index (χ2v) is 3.46. The molecule has 0 aliphatic rings. The SMILES string of the molecule is CC.[B]c1cc2cc(OC)c(C)cc2[nH]c1=O. The number of methoxy groups -OCH3 is 1. The van der Waals surface area contributed by atoms with Crippen LogP contribution in [0.25, 0.3) is 10.9 Å². The van der Waals surface area contributed by atoms with Gasteiger partial charge in [0.1, 0.15) is 13.6 Å². The van der Waals surface area contributed by atoms with Gasteiger partial charge in [0, 0.05) is 10.9 Å². The van der Waals surface area contributed by atoms with Crippen LogP contribution in [0.4, 0.5) is 0 Å². The van der Waals surface area contributed by atoms with Crippen molar-refractivity contribution in [1.29, 1.82) is 0 Å². The molecule has 0 spiro atoms. The Morgan fingerprint density at radius 2 is 1.88 bits per heavy atom. The van der Waals surface area contributed by atoms with Gasteiger partial charge in [-0.15, -0.1) is 0 Å². The molecule has 2 aromatic rings. The van der Waals surface area contributed by atoms with Crippen molar-refractivity contribution in [3.05, 3.63) is 34.1 Å². The van der Waals surface area contributed by atoms with E-state index in [1.165, 1.54) is 0 Å². The highest BCUT2D eigenvalue weighted by Crippen LogP contribution is 2.22. The number of ether oxygens (including phenoxy) is 1. The third-order valence-corrected chi connectivity index (χ3v) is 2.39. The summed E-state index contributed by atoms with van der Waals surface area (Å²) in [5.41, 5.74) is 1.71. The van der Waals surface area contributed by atoms with Gasteiger partial charge < -0.3 is 9.72 Å². The second kappa shape index (κ2) is 5.57. The Morgan fingerprint density at radius 3 is 2.47 bits per heavy atom. The van der Waals surface area contributed by atoms with Crippen molar-refractivity contribution in [3.63, 3.8) is 0 Å². The van der Waals surface area contributed by atoms with Crippen LogP contribution in [0.3, 0.4) is 0 Å². The number of H-pyrrole nitrogens is 1. The van der Waals surface area contributed by atoms with Crippen LogP contribution < -0.4 is 15.8 Å². The zero-order chi connectivity index (χ0) is 13.0. The number of nitrogens with one attached hydrogen (secondary N) is 1. The summed E-state index contributed by atoms with van der Waals surface area (Å²) in [6.07, 6.45) is 0. The van der Waals surface area contributed by atoms with Gasteiger partial charge in [-0.2, -0.15) is 0 Å². The molecule has 4 heteroatoms. The Morgan fingerprint density at radius 1 is 1.24 bits per heavy atom. The molecule has 1 heterocycles. The van der Waals surface area contributed by atoms with E-state index in [4.69, 9.17) is 12.6 Å². The molecule has 1 aromatic carbocycles. The van der Waals surface area contributed by atoms with Gasteiger partial charge >= 0.3 is 0 Å². The maximum absolute atomic E-state index is 11.3. The molecular weight excluding hydrogens is 213 g/mol.